The Morgan fingerprint density at radius 3 is 2.11 bits per heavy atom. The van der Waals surface area contributed by atoms with Crippen LogP contribution in [0.25, 0.3) is 0 Å². The second-order valence-corrected chi connectivity index (χ2v) is 4.73. The molecule has 0 aliphatic carbocycles. The lowest BCUT2D eigenvalue weighted by atomic mass is 9.90. The number of rotatable bonds is 6. The third-order valence-electron chi connectivity index (χ3n) is 3.32. The van der Waals surface area contributed by atoms with Gasteiger partial charge in [0.2, 0.25) is 0 Å². The van der Waals surface area contributed by atoms with Gasteiger partial charge in [-0.15, -0.1) is 0 Å². The number of hydrogen-bond donors (Lipinski definition) is 1. The quantitative estimate of drug-likeness (QED) is 0.849. The number of hydrogen-bond acceptors (Lipinski definition) is 1. The van der Waals surface area contributed by atoms with Gasteiger partial charge in [-0.2, -0.15) is 0 Å². The van der Waals surface area contributed by atoms with E-state index >= 15 is 0 Å². The van der Waals surface area contributed by atoms with Gasteiger partial charge < -0.3 is 5.11 Å². The van der Waals surface area contributed by atoms with Crippen LogP contribution in [0.3, 0.4) is 0 Å². The standard InChI is InChI=1S/C17H18O2/c18-17(19)13-16(15-9-5-2-6-10-15)12-11-14-7-3-1-4-8-14/h1-10,16H,11-13H2,(H,18,19)/t16-/m0/s1. The van der Waals surface area contributed by atoms with Crippen LogP contribution in [0.2, 0.25) is 0 Å². The molecule has 2 heteroatoms. The van der Waals surface area contributed by atoms with Crippen LogP contribution >= 0.6 is 0 Å². The molecule has 0 aliphatic heterocycles. The van der Waals surface area contributed by atoms with E-state index in [2.05, 4.69) is 12.1 Å². The van der Waals surface area contributed by atoms with Crippen molar-refractivity contribution in [2.75, 3.05) is 0 Å². The highest BCUT2D eigenvalue weighted by molar-refractivity contribution is 5.68. The zero-order chi connectivity index (χ0) is 13.5. The minimum absolute atomic E-state index is 0.0823. The zero-order valence-corrected chi connectivity index (χ0v) is 10.8. The third kappa shape index (κ3) is 4.25. The van der Waals surface area contributed by atoms with Crippen LogP contribution in [-0.4, -0.2) is 11.1 Å². The van der Waals surface area contributed by atoms with E-state index in [1.165, 1.54) is 5.56 Å². The Bertz CT molecular complexity index is 505. The largest absolute Gasteiger partial charge is 0.481 e. The topological polar surface area (TPSA) is 37.3 Å². The van der Waals surface area contributed by atoms with Crippen molar-refractivity contribution in [1.29, 1.82) is 0 Å². The number of carbonyl (C=O) groups is 1. The normalized spacial score (nSPS) is 12.0. The lowest BCUT2D eigenvalue weighted by Gasteiger charge is -2.15. The van der Waals surface area contributed by atoms with E-state index in [0.29, 0.717) is 0 Å². The van der Waals surface area contributed by atoms with Crippen LogP contribution in [-0.2, 0) is 11.2 Å². The average Bonchev–Trinajstić information content (AvgIpc) is 2.45. The van der Waals surface area contributed by atoms with Crippen LogP contribution in [0.4, 0.5) is 0 Å². The Kier molecular flexibility index (Phi) is 4.73. The first-order valence-electron chi connectivity index (χ1n) is 6.56. The molecule has 0 unspecified atom stereocenters. The van der Waals surface area contributed by atoms with Crippen LogP contribution in [0, 0.1) is 0 Å². The molecule has 2 aromatic rings. The molecule has 2 rings (SSSR count). The van der Waals surface area contributed by atoms with E-state index in [1.54, 1.807) is 0 Å². The number of carboxylic acids is 1. The minimum atomic E-state index is -0.734. The van der Waals surface area contributed by atoms with Crippen molar-refractivity contribution in [3.05, 3.63) is 71.8 Å². The summed E-state index contributed by atoms with van der Waals surface area (Å²) < 4.78 is 0. The predicted molar refractivity (Wildman–Crippen MR) is 76.2 cm³/mol. The first-order valence-corrected chi connectivity index (χ1v) is 6.56. The van der Waals surface area contributed by atoms with Gasteiger partial charge in [-0.25, -0.2) is 0 Å². The highest BCUT2D eigenvalue weighted by Crippen LogP contribution is 2.25. The maximum atomic E-state index is 11.0. The molecule has 0 heterocycles. The second-order valence-electron chi connectivity index (χ2n) is 4.73. The van der Waals surface area contributed by atoms with Crippen molar-refractivity contribution in [3.63, 3.8) is 0 Å². The molecular weight excluding hydrogens is 236 g/mol. The van der Waals surface area contributed by atoms with E-state index in [1.807, 2.05) is 48.5 Å². The van der Waals surface area contributed by atoms with E-state index in [4.69, 9.17) is 5.11 Å². The fraction of sp³-hybridized carbons (Fsp3) is 0.235. The number of aryl methyl sites for hydroxylation is 1. The molecule has 0 bridgehead atoms. The van der Waals surface area contributed by atoms with Gasteiger partial charge in [-0.1, -0.05) is 60.7 Å². The summed E-state index contributed by atoms with van der Waals surface area (Å²) in [4.78, 5) is 11.0. The summed E-state index contributed by atoms with van der Waals surface area (Å²) in [6.07, 6.45) is 1.96. The first-order chi connectivity index (χ1) is 9.25. The molecule has 0 amide bonds. The predicted octanol–water partition coefficient (Wildman–Crippen LogP) is 3.88. The lowest BCUT2D eigenvalue weighted by Crippen LogP contribution is -2.07. The van der Waals surface area contributed by atoms with E-state index in [9.17, 15) is 4.79 Å². The summed E-state index contributed by atoms with van der Waals surface area (Å²) in [5.74, 6) is -0.652. The SMILES string of the molecule is O=C(O)C[C@H](CCc1ccccc1)c1ccccc1. The fourth-order valence-corrected chi connectivity index (χ4v) is 2.31. The van der Waals surface area contributed by atoms with Crippen molar-refractivity contribution < 1.29 is 9.90 Å². The summed E-state index contributed by atoms with van der Waals surface area (Å²) in [5, 5.41) is 9.04. The average molecular weight is 254 g/mol. The van der Waals surface area contributed by atoms with Crippen molar-refractivity contribution in [2.45, 2.75) is 25.2 Å². The van der Waals surface area contributed by atoms with Gasteiger partial charge >= 0.3 is 5.97 Å². The molecule has 0 saturated carbocycles. The zero-order valence-electron chi connectivity index (χ0n) is 10.8. The molecule has 1 N–H and O–H groups in total. The number of benzene rings is 2. The molecule has 19 heavy (non-hydrogen) atoms. The molecule has 0 radical (unpaired) electrons. The van der Waals surface area contributed by atoms with Crippen molar-refractivity contribution in [2.24, 2.45) is 0 Å². The van der Waals surface area contributed by atoms with Crippen molar-refractivity contribution >= 4 is 5.97 Å². The number of carboxylic acid groups (broad SMARTS) is 1. The molecule has 0 aromatic heterocycles. The van der Waals surface area contributed by atoms with Crippen molar-refractivity contribution in [3.8, 4) is 0 Å². The Balaban J connectivity index is 2.04. The molecule has 98 valence electrons. The molecule has 2 nitrogen and oxygen atoms in total. The van der Waals surface area contributed by atoms with Crippen LogP contribution < -0.4 is 0 Å². The minimum Gasteiger partial charge on any atom is -0.481 e. The molecule has 0 aliphatic rings. The Labute approximate surface area is 113 Å². The van der Waals surface area contributed by atoms with Gasteiger partial charge in [0.05, 0.1) is 6.42 Å². The Morgan fingerprint density at radius 1 is 0.947 bits per heavy atom. The van der Waals surface area contributed by atoms with E-state index in [-0.39, 0.29) is 12.3 Å². The Hall–Kier alpha value is -2.09. The summed E-state index contributed by atoms with van der Waals surface area (Å²) >= 11 is 0. The van der Waals surface area contributed by atoms with Crippen LogP contribution in [0.1, 0.15) is 29.9 Å². The first kappa shape index (κ1) is 13.3. The summed E-state index contributed by atoms with van der Waals surface area (Å²) in [6, 6.07) is 20.1. The summed E-state index contributed by atoms with van der Waals surface area (Å²) in [6.45, 7) is 0. The Morgan fingerprint density at radius 2 is 1.53 bits per heavy atom. The molecule has 0 saturated heterocycles. The summed E-state index contributed by atoms with van der Waals surface area (Å²) in [7, 11) is 0. The van der Waals surface area contributed by atoms with Gasteiger partial charge in [-0.3, -0.25) is 4.79 Å². The smallest absolute Gasteiger partial charge is 0.303 e. The van der Waals surface area contributed by atoms with Gasteiger partial charge in [0.25, 0.3) is 0 Å². The maximum absolute atomic E-state index is 11.0. The second kappa shape index (κ2) is 6.74. The fourth-order valence-electron chi connectivity index (χ4n) is 2.31. The van der Waals surface area contributed by atoms with Crippen molar-refractivity contribution in [1.82, 2.24) is 0 Å². The summed E-state index contributed by atoms with van der Waals surface area (Å²) in [5.41, 5.74) is 2.37. The molecule has 0 spiro atoms. The molecule has 2 aromatic carbocycles. The number of aliphatic carboxylic acids is 1. The van der Waals surface area contributed by atoms with Gasteiger partial charge in [0.1, 0.15) is 0 Å². The third-order valence-corrected chi connectivity index (χ3v) is 3.32. The molecular formula is C17H18O2. The molecule has 0 fully saturated rings. The van der Waals surface area contributed by atoms with Crippen LogP contribution in [0.15, 0.2) is 60.7 Å². The highest BCUT2D eigenvalue weighted by Gasteiger charge is 2.15. The van der Waals surface area contributed by atoms with Gasteiger partial charge in [0.15, 0.2) is 0 Å². The lowest BCUT2D eigenvalue weighted by molar-refractivity contribution is -0.137. The molecule has 1 atom stereocenters. The van der Waals surface area contributed by atoms with E-state index < -0.39 is 5.97 Å². The highest BCUT2D eigenvalue weighted by atomic mass is 16.4. The monoisotopic (exact) mass is 254 g/mol. The van der Waals surface area contributed by atoms with Gasteiger partial charge in [-0.05, 0) is 29.9 Å². The van der Waals surface area contributed by atoms with Gasteiger partial charge in [0, 0.05) is 0 Å². The van der Waals surface area contributed by atoms with E-state index in [0.717, 1.165) is 18.4 Å². The van der Waals surface area contributed by atoms with Crippen LogP contribution in [0.5, 0.6) is 0 Å². The maximum Gasteiger partial charge on any atom is 0.303 e.